The van der Waals surface area contributed by atoms with E-state index in [0.29, 0.717) is 19.6 Å². The molecule has 1 N–H and O–H groups in total. The summed E-state index contributed by atoms with van der Waals surface area (Å²) in [6.45, 7) is 0.957. The fourth-order valence-corrected chi connectivity index (χ4v) is 2.21. The Kier molecular flexibility index (Phi) is 4.52. The van der Waals surface area contributed by atoms with Crippen molar-refractivity contribution in [2.75, 3.05) is 26.8 Å². The summed E-state index contributed by atoms with van der Waals surface area (Å²) in [4.78, 5) is 25.5. The van der Waals surface area contributed by atoms with Crippen molar-refractivity contribution in [2.24, 2.45) is 0 Å². The molecule has 0 saturated carbocycles. The molecule has 1 atom stereocenters. The molecule has 2 rings (SSSR count). The quantitative estimate of drug-likeness (QED) is 0.825. The number of carbonyl (C=O) groups is 2. The number of amides is 2. The molecule has 5 heteroatoms. The number of piperazine rings is 1. The van der Waals surface area contributed by atoms with Gasteiger partial charge < -0.3 is 15.0 Å². The lowest BCUT2D eigenvalue weighted by molar-refractivity contribution is -0.146. The van der Waals surface area contributed by atoms with Gasteiger partial charge in [-0.15, -0.1) is 0 Å². The van der Waals surface area contributed by atoms with Crippen LogP contribution in [0.1, 0.15) is 5.56 Å². The number of rotatable bonds is 5. The first kappa shape index (κ1) is 13.5. The second kappa shape index (κ2) is 6.33. The first-order valence-corrected chi connectivity index (χ1v) is 6.32. The number of hydrogen-bond acceptors (Lipinski definition) is 3. The van der Waals surface area contributed by atoms with Crippen LogP contribution in [0.2, 0.25) is 0 Å². The molecule has 0 aliphatic carbocycles. The molecule has 1 aromatic carbocycles. The van der Waals surface area contributed by atoms with Crippen molar-refractivity contribution >= 4 is 11.8 Å². The second-order valence-corrected chi connectivity index (χ2v) is 4.50. The molecule has 2 amide bonds. The molecule has 19 heavy (non-hydrogen) atoms. The van der Waals surface area contributed by atoms with Gasteiger partial charge in [0.2, 0.25) is 11.8 Å². The summed E-state index contributed by atoms with van der Waals surface area (Å²) in [7, 11) is 1.58. The van der Waals surface area contributed by atoms with Gasteiger partial charge in [0.1, 0.15) is 6.04 Å². The highest BCUT2D eigenvalue weighted by Crippen LogP contribution is 2.12. The van der Waals surface area contributed by atoms with E-state index in [9.17, 15) is 9.59 Å². The number of benzene rings is 1. The van der Waals surface area contributed by atoms with E-state index >= 15 is 0 Å². The smallest absolute Gasteiger partial charge is 0.243 e. The van der Waals surface area contributed by atoms with Crippen LogP contribution in [0, 0.1) is 0 Å². The van der Waals surface area contributed by atoms with Crippen LogP contribution in [-0.4, -0.2) is 49.6 Å². The summed E-state index contributed by atoms with van der Waals surface area (Å²) in [5.41, 5.74) is 1.04. The van der Waals surface area contributed by atoms with E-state index in [4.69, 9.17) is 4.74 Å². The van der Waals surface area contributed by atoms with Crippen molar-refractivity contribution in [1.82, 2.24) is 10.2 Å². The molecular weight excluding hydrogens is 244 g/mol. The molecule has 0 aromatic heterocycles. The number of hydrogen-bond donors (Lipinski definition) is 1. The predicted molar refractivity (Wildman–Crippen MR) is 70.5 cm³/mol. The standard InChI is InChI=1S/C14H18N2O3/c1-19-8-7-16-12(14(18)15-10-13(16)17)9-11-5-3-2-4-6-11/h2-6,12H,7-10H2,1H3,(H,15,18). The monoisotopic (exact) mass is 262 g/mol. The maximum absolute atomic E-state index is 12.0. The van der Waals surface area contributed by atoms with Gasteiger partial charge in [-0.05, 0) is 5.56 Å². The molecule has 1 aromatic rings. The minimum Gasteiger partial charge on any atom is -0.383 e. The maximum atomic E-state index is 12.0. The third-order valence-electron chi connectivity index (χ3n) is 3.22. The van der Waals surface area contributed by atoms with E-state index in [0.717, 1.165) is 5.56 Å². The molecule has 1 unspecified atom stereocenters. The Labute approximate surface area is 112 Å². The van der Waals surface area contributed by atoms with Crippen LogP contribution in [0.3, 0.4) is 0 Å². The largest absolute Gasteiger partial charge is 0.383 e. The highest BCUT2D eigenvalue weighted by molar-refractivity contribution is 5.95. The predicted octanol–water partition coefficient (Wildman–Crippen LogP) is 0.203. The highest BCUT2D eigenvalue weighted by atomic mass is 16.5. The normalized spacial score (nSPS) is 19.4. The first-order chi connectivity index (χ1) is 9.22. The molecule has 1 aliphatic heterocycles. The summed E-state index contributed by atoms with van der Waals surface area (Å²) in [5.74, 6) is -0.155. The number of carbonyl (C=O) groups excluding carboxylic acids is 2. The van der Waals surface area contributed by atoms with Crippen molar-refractivity contribution in [1.29, 1.82) is 0 Å². The van der Waals surface area contributed by atoms with Crippen molar-refractivity contribution in [3.8, 4) is 0 Å². The fraction of sp³-hybridized carbons (Fsp3) is 0.429. The first-order valence-electron chi connectivity index (χ1n) is 6.32. The lowest BCUT2D eigenvalue weighted by atomic mass is 10.0. The van der Waals surface area contributed by atoms with Gasteiger partial charge in [0.05, 0.1) is 13.2 Å². The molecule has 0 spiro atoms. The van der Waals surface area contributed by atoms with Gasteiger partial charge in [-0.3, -0.25) is 9.59 Å². The number of nitrogens with zero attached hydrogens (tertiary/aromatic N) is 1. The Morgan fingerprint density at radius 3 is 2.74 bits per heavy atom. The van der Waals surface area contributed by atoms with Crippen molar-refractivity contribution in [3.63, 3.8) is 0 Å². The lowest BCUT2D eigenvalue weighted by Gasteiger charge is -2.34. The Bertz CT molecular complexity index is 447. The third kappa shape index (κ3) is 3.32. The van der Waals surface area contributed by atoms with Crippen LogP contribution in [0.25, 0.3) is 0 Å². The highest BCUT2D eigenvalue weighted by Gasteiger charge is 2.33. The van der Waals surface area contributed by atoms with Crippen molar-refractivity contribution < 1.29 is 14.3 Å². The molecule has 1 saturated heterocycles. The fourth-order valence-electron chi connectivity index (χ4n) is 2.21. The third-order valence-corrected chi connectivity index (χ3v) is 3.22. The summed E-state index contributed by atoms with van der Waals surface area (Å²) < 4.78 is 5.00. The average molecular weight is 262 g/mol. The van der Waals surface area contributed by atoms with E-state index in [2.05, 4.69) is 5.32 Å². The van der Waals surface area contributed by atoms with Gasteiger partial charge >= 0.3 is 0 Å². The molecule has 5 nitrogen and oxygen atoms in total. The van der Waals surface area contributed by atoms with Crippen molar-refractivity contribution in [2.45, 2.75) is 12.5 Å². The lowest BCUT2D eigenvalue weighted by Crippen LogP contribution is -2.59. The molecular formula is C14H18N2O3. The van der Waals surface area contributed by atoms with E-state index in [1.165, 1.54) is 0 Å². The molecule has 0 radical (unpaired) electrons. The summed E-state index contributed by atoms with van der Waals surface area (Å²) >= 11 is 0. The molecule has 1 heterocycles. The van der Waals surface area contributed by atoms with Gasteiger partial charge in [-0.1, -0.05) is 30.3 Å². The molecule has 1 aliphatic rings. The Morgan fingerprint density at radius 1 is 1.32 bits per heavy atom. The second-order valence-electron chi connectivity index (χ2n) is 4.50. The molecule has 0 bridgehead atoms. The van der Waals surface area contributed by atoms with Crippen LogP contribution < -0.4 is 5.32 Å². The van der Waals surface area contributed by atoms with Crippen LogP contribution in [0.15, 0.2) is 30.3 Å². The molecule has 102 valence electrons. The van der Waals surface area contributed by atoms with E-state index in [1.54, 1.807) is 12.0 Å². The molecule has 1 fully saturated rings. The minimum atomic E-state index is -0.446. The zero-order chi connectivity index (χ0) is 13.7. The van der Waals surface area contributed by atoms with Gasteiger partial charge in [0.25, 0.3) is 0 Å². The number of methoxy groups -OCH3 is 1. The van der Waals surface area contributed by atoms with Crippen LogP contribution >= 0.6 is 0 Å². The van der Waals surface area contributed by atoms with Gasteiger partial charge in [-0.25, -0.2) is 0 Å². The van der Waals surface area contributed by atoms with E-state index in [-0.39, 0.29) is 18.4 Å². The summed E-state index contributed by atoms with van der Waals surface area (Å²) in [6.07, 6.45) is 0.530. The Morgan fingerprint density at radius 2 is 2.05 bits per heavy atom. The minimum absolute atomic E-state index is 0.0578. The van der Waals surface area contributed by atoms with Crippen LogP contribution in [-0.2, 0) is 20.7 Å². The van der Waals surface area contributed by atoms with Crippen LogP contribution in [0.5, 0.6) is 0 Å². The average Bonchev–Trinajstić information content (AvgIpc) is 2.43. The SMILES string of the molecule is COCCN1C(=O)CNC(=O)C1Cc1ccccc1. The zero-order valence-electron chi connectivity index (χ0n) is 11.0. The Hall–Kier alpha value is -1.88. The van der Waals surface area contributed by atoms with E-state index < -0.39 is 6.04 Å². The van der Waals surface area contributed by atoms with Crippen LogP contribution in [0.4, 0.5) is 0 Å². The topological polar surface area (TPSA) is 58.6 Å². The summed E-state index contributed by atoms with van der Waals surface area (Å²) in [6, 6.07) is 9.26. The maximum Gasteiger partial charge on any atom is 0.243 e. The summed E-state index contributed by atoms with van der Waals surface area (Å²) in [5, 5.41) is 2.64. The zero-order valence-corrected chi connectivity index (χ0v) is 11.0. The van der Waals surface area contributed by atoms with E-state index in [1.807, 2.05) is 30.3 Å². The van der Waals surface area contributed by atoms with Gasteiger partial charge in [-0.2, -0.15) is 0 Å². The van der Waals surface area contributed by atoms with Gasteiger partial charge in [0.15, 0.2) is 0 Å². The number of ether oxygens (including phenoxy) is 1. The van der Waals surface area contributed by atoms with Crippen molar-refractivity contribution in [3.05, 3.63) is 35.9 Å². The van der Waals surface area contributed by atoms with Gasteiger partial charge in [0, 0.05) is 20.1 Å². The Balaban J connectivity index is 2.12. The number of nitrogens with one attached hydrogen (secondary N) is 1.